The molecule has 0 aromatic carbocycles. The normalized spacial score (nSPS) is 16.6. The van der Waals surface area contributed by atoms with E-state index in [-0.39, 0.29) is 10.8 Å². The first kappa shape index (κ1) is 12.2. The Morgan fingerprint density at radius 3 is 1.73 bits per heavy atom. The van der Waals surface area contributed by atoms with Crippen LogP contribution in [-0.4, -0.2) is 9.17 Å². The van der Waals surface area contributed by atoms with Crippen molar-refractivity contribution in [2.45, 2.75) is 29.4 Å². The van der Waals surface area contributed by atoms with Gasteiger partial charge in [-0.15, -0.1) is 11.6 Å². The zero-order valence-electron chi connectivity index (χ0n) is 6.50. The minimum atomic E-state index is -1.28. The van der Waals surface area contributed by atoms with Gasteiger partial charge in [-0.1, -0.05) is 48.7 Å². The molecule has 0 saturated heterocycles. The van der Waals surface area contributed by atoms with E-state index in [1.165, 1.54) is 0 Å². The molecule has 1 unspecified atom stereocenters. The van der Waals surface area contributed by atoms with Crippen LogP contribution in [0.3, 0.4) is 0 Å². The third-order valence-corrected chi connectivity index (χ3v) is 2.47. The van der Waals surface area contributed by atoms with Gasteiger partial charge in [-0.2, -0.15) is 0 Å². The molecular formula is C7H11Cl4. The van der Waals surface area contributed by atoms with Gasteiger partial charge in [0.25, 0.3) is 0 Å². The van der Waals surface area contributed by atoms with Crippen molar-refractivity contribution in [3.63, 3.8) is 0 Å². The molecule has 0 aliphatic heterocycles. The molecule has 0 spiro atoms. The molecule has 0 heterocycles. The summed E-state index contributed by atoms with van der Waals surface area (Å²) in [4.78, 5) is 0. The molecule has 1 atom stereocenters. The van der Waals surface area contributed by atoms with Crippen molar-refractivity contribution in [2.24, 2.45) is 5.41 Å². The van der Waals surface area contributed by atoms with Crippen molar-refractivity contribution < 1.29 is 0 Å². The first-order chi connectivity index (χ1) is 4.63. The highest BCUT2D eigenvalue weighted by atomic mass is 35.6. The summed E-state index contributed by atoms with van der Waals surface area (Å²) in [6.45, 7) is 7.65. The van der Waals surface area contributed by atoms with E-state index < -0.39 is 3.79 Å². The van der Waals surface area contributed by atoms with Gasteiger partial charge in [-0.25, -0.2) is 0 Å². The zero-order chi connectivity index (χ0) is 9.28. The van der Waals surface area contributed by atoms with Gasteiger partial charge in [0.2, 0.25) is 0 Å². The SMILES string of the molecule is [CH2]C(C)(C)C(Cl)CC(Cl)(Cl)Cl. The standard InChI is InChI=1S/C7H11Cl4/c1-6(2,3)5(8)4-7(9,10)11/h5H,1,4H2,2-3H3. The van der Waals surface area contributed by atoms with Crippen molar-refractivity contribution in [2.75, 3.05) is 0 Å². The molecule has 0 aromatic rings. The summed E-state index contributed by atoms with van der Waals surface area (Å²) in [5, 5.41) is -0.227. The maximum atomic E-state index is 5.93. The van der Waals surface area contributed by atoms with Crippen LogP contribution < -0.4 is 0 Å². The Morgan fingerprint density at radius 1 is 1.27 bits per heavy atom. The molecular weight excluding hydrogens is 226 g/mol. The molecule has 0 fully saturated rings. The van der Waals surface area contributed by atoms with E-state index >= 15 is 0 Å². The van der Waals surface area contributed by atoms with E-state index in [1.54, 1.807) is 0 Å². The van der Waals surface area contributed by atoms with Gasteiger partial charge < -0.3 is 0 Å². The summed E-state index contributed by atoms with van der Waals surface area (Å²) in [6.07, 6.45) is 0.315. The first-order valence-electron chi connectivity index (χ1n) is 3.19. The first-order valence-corrected chi connectivity index (χ1v) is 4.76. The second-order valence-electron chi connectivity index (χ2n) is 3.28. The van der Waals surface area contributed by atoms with E-state index in [0.29, 0.717) is 6.42 Å². The highest BCUT2D eigenvalue weighted by Gasteiger charge is 2.31. The largest absolute Gasteiger partial charge is 0.192 e. The monoisotopic (exact) mass is 235 g/mol. The highest BCUT2D eigenvalue weighted by molar-refractivity contribution is 6.67. The van der Waals surface area contributed by atoms with Crippen LogP contribution in [0.15, 0.2) is 0 Å². The Bertz CT molecular complexity index is 119. The average Bonchev–Trinajstić information content (AvgIpc) is 1.56. The smallest absolute Gasteiger partial charge is 0.122 e. The van der Waals surface area contributed by atoms with Crippen molar-refractivity contribution in [1.82, 2.24) is 0 Å². The topological polar surface area (TPSA) is 0 Å². The van der Waals surface area contributed by atoms with Gasteiger partial charge in [-0.05, 0) is 12.3 Å². The van der Waals surface area contributed by atoms with Crippen molar-refractivity contribution >= 4 is 46.4 Å². The highest BCUT2D eigenvalue weighted by Crippen LogP contribution is 2.38. The second-order valence-corrected chi connectivity index (χ2v) is 6.32. The van der Waals surface area contributed by atoms with E-state index in [9.17, 15) is 0 Å². The molecule has 0 amide bonds. The van der Waals surface area contributed by atoms with Crippen LogP contribution in [0.4, 0.5) is 0 Å². The summed E-state index contributed by atoms with van der Waals surface area (Å²) in [5.41, 5.74) is -0.272. The van der Waals surface area contributed by atoms with Gasteiger partial charge >= 0.3 is 0 Å². The predicted molar refractivity (Wildman–Crippen MR) is 53.7 cm³/mol. The number of alkyl halides is 4. The summed E-state index contributed by atoms with van der Waals surface area (Å²) >= 11 is 22.6. The quantitative estimate of drug-likeness (QED) is 0.631. The lowest BCUT2D eigenvalue weighted by Crippen LogP contribution is -2.25. The minimum absolute atomic E-state index is 0.227. The Kier molecular flexibility index (Phi) is 4.32. The zero-order valence-corrected chi connectivity index (χ0v) is 9.53. The molecule has 11 heavy (non-hydrogen) atoms. The lowest BCUT2D eigenvalue weighted by Gasteiger charge is -2.27. The number of halogens is 4. The van der Waals surface area contributed by atoms with Crippen LogP contribution in [-0.2, 0) is 0 Å². The van der Waals surface area contributed by atoms with Gasteiger partial charge in [0.05, 0.1) is 0 Å². The molecule has 0 rings (SSSR count). The summed E-state index contributed by atoms with van der Waals surface area (Å²) in [7, 11) is 0. The van der Waals surface area contributed by atoms with Gasteiger partial charge in [0.1, 0.15) is 0 Å². The van der Waals surface area contributed by atoms with E-state index in [4.69, 9.17) is 46.4 Å². The molecule has 4 heteroatoms. The van der Waals surface area contributed by atoms with E-state index in [0.717, 1.165) is 0 Å². The van der Waals surface area contributed by atoms with Gasteiger partial charge in [0, 0.05) is 11.8 Å². The second kappa shape index (κ2) is 3.91. The van der Waals surface area contributed by atoms with Crippen molar-refractivity contribution in [1.29, 1.82) is 0 Å². The molecule has 1 radical (unpaired) electrons. The predicted octanol–water partition coefficient (Wildman–Crippen LogP) is 4.21. The summed E-state index contributed by atoms with van der Waals surface area (Å²) < 4.78 is -1.28. The lowest BCUT2D eigenvalue weighted by atomic mass is 9.90. The number of hydrogen-bond donors (Lipinski definition) is 0. The molecule has 0 N–H and O–H groups in total. The fourth-order valence-electron chi connectivity index (χ4n) is 0.480. The minimum Gasteiger partial charge on any atom is -0.122 e. The number of rotatable bonds is 2. The Labute approximate surface area is 88.1 Å². The molecule has 0 bridgehead atoms. The van der Waals surface area contributed by atoms with Crippen LogP contribution in [0.25, 0.3) is 0 Å². The van der Waals surface area contributed by atoms with E-state index in [1.807, 2.05) is 13.8 Å². The average molecular weight is 237 g/mol. The van der Waals surface area contributed by atoms with Gasteiger partial charge in [0.15, 0.2) is 3.79 Å². The lowest BCUT2D eigenvalue weighted by molar-refractivity contribution is 0.428. The van der Waals surface area contributed by atoms with Crippen LogP contribution in [0.5, 0.6) is 0 Å². The molecule has 0 aliphatic carbocycles. The van der Waals surface area contributed by atoms with Crippen LogP contribution >= 0.6 is 46.4 Å². The summed E-state index contributed by atoms with van der Waals surface area (Å²) in [6, 6.07) is 0. The van der Waals surface area contributed by atoms with Crippen LogP contribution in [0.1, 0.15) is 20.3 Å². The number of hydrogen-bond acceptors (Lipinski definition) is 0. The molecule has 0 saturated carbocycles. The van der Waals surface area contributed by atoms with Crippen molar-refractivity contribution in [3.05, 3.63) is 6.92 Å². The molecule has 67 valence electrons. The van der Waals surface area contributed by atoms with Crippen LogP contribution in [0.2, 0.25) is 0 Å². The Balaban J connectivity index is 3.99. The van der Waals surface area contributed by atoms with E-state index in [2.05, 4.69) is 6.92 Å². The third kappa shape index (κ3) is 6.33. The van der Waals surface area contributed by atoms with Crippen molar-refractivity contribution in [3.8, 4) is 0 Å². The maximum Gasteiger partial charge on any atom is 0.192 e. The molecule has 0 aromatic heterocycles. The fraction of sp³-hybridized carbons (Fsp3) is 0.857. The summed E-state index contributed by atoms with van der Waals surface area (Å²) in [5.74, 6) is 0. The van der Waals surface area contributed by atoms with Gasteiger partial charge in [-0.3, -0.25) is 0 Å². The third-order valence-electron chi connectivity index (χ3n) is 1.26. The van der Waals surface area contributed by atoms with Crippen LogP contribution in [0, 0.1) is 12.3 Å². The maximum absolute atomic E-state index is 5.93. The fourth-order valence-corrected chi connectivity index (χ4v) is 1.41. The molecule has 0 aliphatic rings. The molecule has 0 nitrogen and oxygen atoms in total. The Morgan fingerprint density at radius 2 is 1.64 bits per heavy atom. The Hall–Kier alpha value is 1.16.